The van der Waals surface area contributed by atoms with E-state index >= 15 is 0 Å². The van der Waals surface area contributed by atoms with Crippen LogP contribution in [0.15, 0.2) is 11.6 Å². The van der Waals surface area contributed by atoms with Crippen molar-refractivity contribution in [3.63, 3.8) is 0 Å². The minimum atomic E-state index is 0.642. The van der Waals surface area contributed by atoms with Crippen LogP contribution in [-0.4, -0.2) is 36.6 Å². The van der Waals surface area contributed by atoms with Crippen molar-refractivity contribution in [2.75, 3.05) is 19.6 Å². The van der Waals surface area contributed by atoms with Gasteiger partial charge in [-0.2, -0.15) is 0 Å². The molecule has 0 aromatic rings. The number of piperazine rings is 1. The van der Waals surface area contributed by atoms with Crippen molar-refractivity contribution in [3.05, 3.63) is 11.6 Å². The van der Waals surface area contributed by atoms with Gasteiger partial charge in [0.05, 0.1) is 0 Å². The molecule has 1 heterocycles. The first-order valence-electron chi connectivity index (χ1n) is 8.49. The van der Waals surface area contributed by atoms with Gasteiger partial charge in [-0.15, -0.1) is 0 Å². The highest BCUT2D eigenvalue weighted by atomic mass is 35.5. The molecule has 20 heavy (non-hydrogen) atoms. The smallest absolute Gasteiger partial charge is 0.0252 e. The molecule has 2 rings (SSSR count). The summed E-state index contributed by atoms with van der Waals surface area (Å²) in [4.78, 5) is 2.68. The van der Waals surface area contributed by atoms with Gasteiger partial charge in [0.15, 0.2) is 0 Å². The third kappa shape index (κ3) is 4.22. The van der Waals surface area contributed by atoms with Gasteiger partial charge < -0.3 is 5.32 Å². The van der Waals surface area contributed by atoms with Crippen LogP contribution in [-0.2, 0) is 0 Å². The number of hydrogen-bond acceptors (Lipinski definition) is 2. The van der Waals surface area contributed by atoms with Crippen molar-refractivity contribution in [2.24, 2.45) is 11.8 Å². The molecule has 0 amide bonds. The first kappa shape index (κ1) is 16.3. The van der Waals surface area contributed by atoms with E-state index in [2.05, 4.69) is 30.1 Å². The van der Waals surface area contributed by atoms with Gasteiger partial charge in [0, 0.05) is 37.3 Å². The van der Waals surface area contributed by atoms with Gasteiger partial charge in [0.25, 0.3) is 0 Å². The zero-order chi connectivity index (χ0) is 14.4. The Bertz CT molecular complexity index is 299. The van der Waals surface area contributed by atoms with Crippen LogP contribution >= 0.6 is 11.6 Å². The van der Waals surface area contributed by atoms with Crippen LogP contribution in [0.25, 0.3) is 0 Å². The molecule has 0 aromatic carbocycles. The van der Waals surface area contributed by atoms with Gasteiger partial charge in [-0.25, -0.2) is 0 Å². The lowest BCUT2D eigenvalue weighted by Crippen LogP contribution is -2.60. The zero-order valence-corrected chi connectivity index (χ0v) is 13.9. The van der Waals surface area contributed by atoms with E-state index in [1.807, 2.05) is 0 Å². The topological polar surface area (TPSA) is 15.3 Å². The number of hydrogen-bond donors (Lipinski definition) is 1. The van der Waals surface area contributed by atoms with Gasteiger partial charge in [-0.1, -0.05) is 57.2 Å². The second-order valence-electron chi connectivity index (χ2n) is 6.68. The number of nitrogens with one attached hydrogen (secondary N) is 1. The Morgan fingerprint density at radius 2 is 2.05 bits per heavy atom. The Hall–Kier alpha value is -0.0500. The molecule has 1 N–H and O–H groups in total. The predicted octanol–water partition coefficient (Wildman–Crippen LogP) is 4.01. The van der Waals surface area contributed by atoms with E-state index in [9.17, 15) is 0 Å². The lowest BCUT2D eigenvalue weighted by atomic mass is 9.81. The van der Waals surface area contributed by atoms with Crippen LogP contribution in [0, 0.1) is 11.8 Å². The third-order valence-corrected chi connectivity index (χ3v) is 5.62. The maximum atomic E-state index is 5.76. The molecule has 2 aliphatic rings. The Balaban J connectivity index is 1.98. The van der Waals surface area contributed by atoms with E-state index in [4.69, 9.17) is 11.6 Å². The third-order valence-electron chi connectivity index (χ3n) is 5.44. The van der Waals surface area contributed by atoms with Gasteiger partial charge in [0.2, 0.25) is 0 Å². The molecule has 116 valence electrons. The highest BCUT2D eigenvalue weighted by Gasteiger charge is 2.34. The molecule has 1 aliphatic carbocycles. The summed E-state index contributed by atoms with van der Waals surface area (Å²) in [5.41, 5.74) is 1.68. The summed E-state index contributed by atoms with van der Waals surface area (Å²) in [7, 11) is 0. The fraction of sp³-hybridized carbons (Fsp3) is 0.882. The largest absolute Gasteiger partial charge is 0.311 e. The summed E-state index contributed by atoms with van der Waals surface area (Å²) in [6.07, 6.45) is 10.5. The van der Waals surface area contributed by atoms with E-state index in [-0.39, 0.29) is 0 Å². The highest BCUT2D eigenvalue weighted by Crippen LogP contribution is 2.31. The molecular weight excluding hydrogens is 268 g/mol. The van der Waals surface area contributed by atoms with Gasteiger partial charge >= 0.3 is 0 Å². The Morgan fingerprint density at radius 1 is 1.30 bits per heavy atom. The highest BCUT2D eigenvalue weighted by molar-refractivity contribution is 6.25. The summed E-state index contributed by atoms with van der Waals surface area (Å²) >= 11 is 5.76. The average molecular weight is 299 g/mol. The van der Waals surface area contributed by atoms with Crippen molar-refractivity contribution >= 4 is 11.6 Å². The van der Waals surface area contributed by atoms with Crippen molar-refractivity contribution in [1.29, 1.82) is 0 Å². The van der Waals surface area contributed by atoms with E-state index in [0.717, 1.165) is 24.9 Å². The van der Waals surface area contributed by atoms with Crippen molar-refractivity contribution in [3.8, 4) is 0 Å². The summed E-state index contributed by atoms with van der Waals surface area (Å²) in [5, 5.41) is 3.82. The van der Waals surface area contributed by atoms with E-state index in [0.29, 0.717) is 12.1 Å². The van der Waals surface area contributed by atoms with Crippen molar-refractivity contribution < 1.29 is 0 Å². The summed E-state index contributed by atoms with van der Waals surface area (Å²) in [6.45, 7) is 8.02. The number of nitrogens with zero attached hydrogens (tertiary/aromatic N) is 1. The Labute approximate surface area is 129 Å². The average Bonchev–Trinajstić information content (AvgIpc) is 2.52. The molecule has 1 saturated heterocycles. The summed E-state index contributed by atoms with van der Waals surface area (Å²) in [6, 6.07) is 1.35. The van der Waals surface area contributed by atoms with Crippen LogP contribution in [0.5, 0.6) is 0 Å². The predicted molar refractivity (Wildman–Crippen MR) is 88.2 cm³/mol. The minimum absolute atomic E-state index is 0.642. The summed E-state index contributed by atoms with van der Waals surface area (Å²) in [5.74, 6) is 1.64. The van der Waals surface area contributed by atoms with Gasteiger partial charge in [0.1, 0.15) is 0 Å². The van der Waals surface area contributed by atoms with E-state index < -0.39 is 0 Å². The molecule has 0 spiro atoms. The minimum Gasteiger partial charge on any atom is -0.311 e. The fourth-order valence-corrected chi connectivity index (χ4v) is 3.97. The van der Waals surface area contributed by atoms with Crippen molar-refractivity contribution in [1.82, 2.24) is 10.2 Å². The van der Waals surface area contributed by atoms with E-state index in [1.165, 1.54) is 45.1 Å². The lowest BCUT2D eigenvalue weighted by molar-refractivity contribution is 0.0689. The molecule has 1 saturated carbocycles. The van der Waals surface area contributed by atoms with Gasteiger partial charge in [-0.05, 0) is 24.7 Å². The number of rotatable bonds is 5. The monoisotopic (exact) mass is 298 g/mol. The van der Waals surface area contributed by atoms with Crippen LogP contribution in [0.4, 0.5) is 0 Å². The first-order valence-corrected chi connectivity index (χ1v) is 8.92. The molecular formula is C17H31ClN2. The molecule has 0 aromatic heterocycles. The number of halogens is 1. The maximum Gasteiger partial charge on any atom is 0.0252 e. The van der Waals surface area contributed by atoms with Crippen LogP contribution in [0.1, 0.15) is 52.4 Å². The van der Waals surface area contributed by atoms with Gasteiger partial charge in [-0.3, -0.25) is 4.90 Å². The Kier molecular flexibility index (Phi) is 6.86. The second-order valence-corrected chi connectivity index (χ2v) is 6.93. The fourth-order valence-electron chi connectivity index (χ4n) is 3.89. The lowest BCUT2D eigenvalue weighted by Gasteiger charge is -2.46. The summed E-state index contributed by atoms with van der Waals surface area (Å²) < 4.78 is 0. The standard InChI is InChI=1S/C17H31ClN2/c1-3-14(2)16-13-20(11-7-10-18)17(12-19-16)15-8-5-4-6-9-15/h7,10,14-17,19H,3-6,8-9,11-13H2,1-2H3/b10-7+. The molecule has 0 radical (unpaired) electrons. The molecule has 0 bridgehead atoms. The van der Waals surface area contributed by atoms with Crippen LogP contribution in [0.3, 0.4) is 0 Å². The molecule has 2 fully saturated rings. The zero-order valence-electron chi connectivity index (χ0n) is 13.2. The molecule has 3 unspecified atom stereocenters. The Morgan fingerprint density at radius 3 is 2.70 bits per heavy atom. The van der Waals surface area contributed by atoms with Crippen LogP contribution in [0.2, 0.25) is 0 Å². The molecule has 3 heteroatoms. The molecule has 3 atom stereocenters. The normalized spacial score (nSPS) is 31.8. The SMILES string of the molecule is CCC(C)C1CN(C/C=C/Cl)C(C2CCCCC2)CN1. The second kappa shape index (κ2) is 8.41. The molecule has 2 nitrogen and oxygen atoms in total. The van der Waals surface area contributed by atoms with Crippen LogP contribution < -0.4 is 5.32 Å². The van der Waals surface area contributed by atoms with E-state index in [1.54, 1.807) is 5.54 Å². The maximum absolute atomic E-state index is 5.76. The molecule has 1 aliphatic heterocycles. The first-order chi connectivity index (χ1) is 9.76. The quantitative estimate of drug-likeness (QED) is 0.825. The van der Waals surface area contributed by atoms with Crippen molar-refractivity contribution in [2.45, 2.75) is 64.5 Å².